The number of nitrogens with zero attached hydrogens (tertiary/aromatic N) is 1. The van der Waals surface area contributed by atoms with Crippen molar-refractivity contribution in [2.24, 2.45) is 0 Å². The van der Waals surface area contributed by atoms with Crippen LogP contribution in [0.1, 0.15) is 18.3 Å². The highest BCUT2D eigenvalue weighted by molar-refractivity contribution is 9.10. The Morgan fingerprint density at radius 2 is 2.33 bits per heavy atom. The van der Waals surface area contributed by atoms with E-state index in [2.05, 4.69) is 32.8 Å². The van der Waals surface area contributed by atoms with Crippen LogP contribution in [0.5, 0.6) is 0 Å². The Morgan fingerprint density at radius 3 is 2.56 bits per heavy atom. The third-order valence-corrected chi connectivity index (χ3v) is 1.69. The van der Waals surface area contributed by atoms with Gasteiger partial charge in [0.1, 0.15) is 0 Å². The molecule has 0 aliphatic carbocycles. The van der Waals surface area contributed by atoms with Crippen LogP contribution in [0.3, 0.4) is 0 Å². The number of H-pyrrole nitrogens is 1. The topological polar surface area (TPSA) is 28.7 Å². The lowest BCUT2D eigenvalue weighted by molar-refractivity contribution is 1.04. The first-order valence-electron chi connectivity index (χ1n) is 2.95. The molecule has 0 radical (unpaired) electrons. The van der Waals surface area contributed by atoms with E-state index < -0.39 is 0 Å². The molecule has 0 aliphatic heterocycles. The minimum atomic E-state index is 0.830. The Balaban J connectivity index is 3.01. The van der Waals surface area contributed by atoms with Crippen LogP contribution < -0.4 is 0 Å². The highest BCUT2D eigenvalue weighted by atomic mass is 79.9. The maximum absolute atomic E-state index is 4.14. The molecule has 0 saturated heterocycles. The monoisotopic (exact) mass is 188 g/mol. The Morgan fingerprint density at radius 1 is 1.67 bits per heavy atom. The van der Waals surface area contributed by atoms with Crippen molar-refractivity contribution in [2.45, 2.75) is 20.3 Å². The number of aromatic amines is 1. The fourth-order valence-corrected chi connectivity index (χ4v) is 1.31. The Kier molecular flexibility index (Phi) is 1.90. The van der Waals surface area contributed by atoms with E-state index in [0.29, 0.717) is 0 Å². The van der Waals surface area contributed by atoms with Crippen LogP contribution in [0.25, 0.3) is 0 Å². The molecule has 1 aromatic heterocycles. The van der Waals surface area contributed by atoms with Gasteiger partial charge in [0.2, 0.25) is 0 Å². The summed E-state index contributed by atoms with van der Waals surface area (Å²) >= 11 is 3.26. The summed E-state index contributed by atoms with van der Waals surface area (Å²) in [5.41, 5.74) is 2.30. The first kappa shape index (κ1) is 6.81. The molecule has 0 fully saturated rings. The third kappa shape index (κ3) is 1.33. The average Bonchev–Trinajstić information content (AvgIpc) is 2.10. The van der Waals surface area contributed by atoms with Crippen molar-refractivity contribution in [3.63, 3.8) is 0 Å². The molecule has 1 heterocycles. The summed E-state index contributed by atoms with van der Waals surface area (Å²) in [5, 5.41) is 0. The number of hydrogen-bond donors (Lipinski definition) is 1. The van der Waals surface area contributed by atoms with Gasteiger partial charge in [0.25, 0.3) is 0 Å². The second kappa shape index (κ2) is 2.52. The number of imidazole rings is 1. The molecule has 0 bridgehead atoms. The summed E-state index contributed by atoms with van der Waals surface area (Å²) in [5.74, 6) is 0. The summed E-state index contributed by atoms with van der Waals surface area (Å²) in [6.45, 7) is 4.10. The van der Waals surface area contributed by atoms with Crippen molar-refractivity contribution in [1.29, 1.82) is 0 Å². The maximum Gasteiger partial charge on any atom is 0.174 e. The van der Waals surface area contributed by atoms with Crippen LogP contribution in [-0.4, -0.2) is 9.97 Å². The fourth-order valence-electron chi connectivity index (χ4n) is 0.802. The molecule has 0 spiro atoms. The number of halogens is 1. The number of rotatable bonds is 1. The molecular formula is C6H9BrN2. The molecule has 0 atom stereocenters. The SMILES string of the molecule is CCc1[nH]c(Br)nc1C. The van der Waals surface area contributed by atoms with Crippen LogP contribution in [0.2, 0.25) is 0 Å². The van der Waals surface area contributed by atoms with Gasteiger partial charge in [-0.3, -0.25) is 0 Å². The van der Waals surface area contributed by atoms with E-state index in [4.69, 9.17) is 0 Å². The minimum Gasteiger partial charge on any atom is -0.336 e. The largest absolute Gasteiger partial charge is 0.336 e. The lowest BCUT2D eigenvalue weighted by Crippen LogP contribution is -1.81. The zero-order valence-electron chi connectivity index (χ0n) is 5.53. The van der Waals surface area contributed by atoms with Crippen LogP contribution >= 0.6 is 15.9 Å². The minimum absolute atomic E-state index is 0.830. The van der Waals surface area contributed by atoms with Crippen molar-refractivity contribution in [1.82, 2.24) is 9.97 Å². The molecule has 0 aliphatic rings. The predicted octanol–water partition coefficient (Wildman–Crippen LogP) is 2.04. The first-order valence-corrected chi connectivity index (χ1v) is 3.74. The molecule has 0 saturated carbocycles. The molecule has 2 nitrogen and oxygen atoms in total. The number of nitrogens with one attached hydrogen (secondary N) is 1. The van der Waals surface area contributed by atoms with Crippen molar-refractivity contribution in [3.05, 3.63) is 16.1 Å². The molecule has 3 heteroatoms. The van der Waals surface area contributed by atoms with Gasteiger partial charge in [0.05, 0.1) is 5.69 Å². The van der Waals surface area contributed by atoms with Gasteiger partial charge in [-0.1, -0.05) is 6.92 Å². The van der Waals surface area contributed by atoms with Crippen molar-refractivity contribution < 1.29 is 0 Å². The zero-order chi connectivity index (χ0) is 6.85. The lowest BCUT2D eigenvalue weighted by Gasteiger charge is -1.87. The van der Waals surface area contributed by atoms with Gasteiger partial charge in [-0.2, -0.15) is 0 Å². The molecule has 0 unspecified atom stereocenters. The fraction of sp³-hybridized carbons (Fsp3) is 0.500. The van der Waals surface area contributed by atoms with Crippen LogP contribution in [-0.2, 0) is 6.42 Å². The van der Waals surface area contributed by atoms with Crippen molar-refractivity contribution in [2.75, 3.05) is 0 Å². The van der Waals surface area contributed by atoms with Gasteiger partial charge in [0, 0.05) is 5.69 Å². The lowest BCUT2D eigenvalue weighted by atomic mass is 10.3. The van der Waals surface area contributed by atoms with Crippen LogP contribution in [0.4, 0.5) is 0 Å². The normalized spacial score (nSPS) is 10.1. The summed E-state index contributed by atoms with van der Waals surface area (Å²) < 4.78 is 0.830. The summed E-state index contributed by atoms with van der Waals surface area (Å²) in [4.78, 5) is 7.24. The molecule has 1 N–H and O–H groups in total. The van der Waals surface area contributed by atoms with E-state index in [9.17, 15) is 0 Å². The number of hydrogen-bond acceptors (Lipinski definition) is 1. The second-order valence-corrected chi connectivity index (χ2v) is 2.70. The molecule has 1 rings (SSSR count). The summed E-state index contributed by atoms with van der Waals surface area (Å²) in [6.07, 6.45) is 1.02. The highest BCUT2D eigenvalue weighted by Gasteiger charge is 1.99. The van der Waals surface area contributed by atoms with Gasteiger partial charge in [-0.25, -0.2) is 4.98 Å². The molecule has 50 valence electrons. The van der Waals surface area contributed by atoms with Gasteiger partial charge < -0.3 is 4.98 Å². The standard InChI is InChI=1S/C6H9BrN2/c1-3-5-4(2)8-6(7)9-5/h3H2,1-2H3,(H,8,9). The molecular weight excluding hydrogens is 180 g/mol. The van der Waals surface area contributed by atoms with E-state index in [0.717, 1.165) is 16.8 Å². The zero-order valence-corrected chi connectivity index (χ0v) is 7.12. The number of aromatic nitrogens is 2. The average molecular weight is 189 g/mol. The Labute approximate surface area is 62.8 Å². The summed E-state index contributed by atoms with van der Waals surface area (Å²) in [6, 6.07) is 0. The van der Waals surface area contributed by atoms with Crippen LogP contribution in [0, 0.1) is 6.92 Å². The van der Waals surface area contributed by atoms with E-state index in [1.165, 1.54) is 5.69 Å². The summed E-state index contributed by atoms with van der Waals surface area (Å²) in [7, 11) is 0. The Bertz CT molecular complexity index is 205. The molecule has 9 heavy (non-hydrogen) atoms. The van der Waals surface area contributed by atoms with Gasteiger partial charge in [-0.05, 0) is 29.3 Å². The third-order valence-electron chi connectivity index (χ3n) is 1.31. The molecule has 0 amide bonds. The Hall–Kier alpha value is -0.310. The van der Waals surface area contributed by atoms with E-state index in [1.54, 1.807) is 0 Å². The van der Waals surface area contributed by atoms with E-state index >= 15 is 0 Å². The quantitative estimate of drug-likeness (QED) is 0.719. The maximum atomic E-state index is 4.14. The second-order valence-electron chi connectivity index (χ2n) is 1.95. The van der Waals surface area contributed by atoms with Crippen molar-refractivity contribution >= 4 is 15.9 Å². The molecule has 1 aromatic rings. The van der Waals surface area contributed by atoms with Gasteiger partial charge in [-0.15, -0.1) is 0 Å². The number of aryl methyl sites for hydroxylation is 2. The highest BCUT2D eigenvalue weighted by Crippen LogP contribution is 2.09. The first-order chi connectivity index (χ1) is 4.24. The molecule has 0 aromatic carbocycles. The predicted molar refractivity (Wildman–Crippen MR) is 40.4 cm³/mol. The smallest absolute Gasteiger partial charge is 0.174 e. The van der Waals surface area contributed by atoms with E-state index in [1.807, 2.05) is 6.92 Å². The van der Waals surface area contributed by atoms with Gasteiger partial charge in [0.15, 0.2) is 4.73 Å². The van der Waals surface area contributed by atoms with Crippen LogP contribution in [0.15, 0.2) is 4.73 Å². The van der Waals surface area contributed by atoms with Crippen molar-refractivity contribution in [3.8, 4) is 0 Å². The van der Waals surface area contributed by atoms with E-state index in [-0.39, 0.29) is 0 Å². The van der Waals surface area contributed by atoms with Gasteiger partial charge >= 0.3 is 0 Å².